The summed E-state index contributed by atoms with van der Waals surface area (Å²) in [6.45, 7) is 6.83. The molecule has 3 nitrogen and oxygen atoms in total. The lowest BCUT2D eigenvalue weighted by molar-refractivity contribution is -0.114. The fourth-order valence-corrected chi connectivity index (χ4v) is 0.906. The van der Waals surface area contributed by atoms with Gasteiger partial charge in [0.1, 0.15) is 5.57 Å². The Labute approximate surface area is 72.7 Å². The summed E-state index contributed by atoms with van der Waals surface area (Å²) in [5.41, 5.74) is 1.04. The lowest BCUT2D eigenvalue weighted by Crippen LogP contribution is -2.05. The Morgan fingerprint density at radius 2 is 1.58 bits per heavy atom. The minimum absolute atomic E-state index is 0.110. The van der Waals surface area contributed by atoms with Gasteiger partial charge in [-0.15, -0.1) is 0 Å². The van der Waals surface area contributed by atoms with Crippen LogP contribution in [0.1, 0.15) is 13.8 Å². The number of carbonyl (C=O) groups excluding carboxylic acids is 1. The predicted molar refractivity (Wildman–Crippen MR) is 46.5 cm³/mol. The van der Waals surface area contributed by atoms with Crippen molar-refractivity contribution in [3.05, 3.63) is 23.7 Å². The number of methoxy groups -OCH3 is 2. The minimum atomic E-state index is -0.110. The Kier molecular flexibility index (Phi) is 4.11. The number of carbonyl (C=O) groups is 1. The van der Waals surface area contributed by atoms with Crippen LogP contribution >= 0.6 is 0 Å². The minimum Gasteiger partial charge on any atom is -0.468 e. The second-order valence-corrected chi connectivity index (χ2v) is 2.41. The van der Waals surface area contributed by atoms with Gasteiger partial charge >= 0.3 is 0 Å². The van der Waals surface area contributed by atoms with Gasteiger partial charge in [-0.1, -0.05) is 6.58 Å². The van der Waals surface area contributed by atoms with E-state index >= 15 is 0 Å². The average molecular weight is 170 g/mol. The van der Waals surface area contributed by atoms with Crippen molar-refractivity contribution < 1.29 is 14.3 Å². The molecule has 0 fully saturated rings. The van der Waals surface area contributed by atoms with Crippen LogP contribution in [0.2, 0.25) is 0 Å². The molecule has 0 unspecified atom stereocenters. The van der Waals surface area contributed by atoms with Crippen molar-refractivity contribution in [2.24, 2.45) is 0 Å². The topological polar surface area (TPSA) is 35.5 Å². The highest BCUT2D eigenvalue weighted by Gasteiger charge is 2.13. The SMILES string of the molecule is C=C(C)C(C(C)=O)=C(OC)OC. The fraction of sp³-hybridized carbons (Fsp3) is 0.444. The van der Waals surface area contributed by atoms with Crippen LogP contribution in [0, 0.1) is 0 Å². The van der Waals surface area contributed by atoms with E-state index in [2.05, 4.69) is 6.58 Å². The molecule has 3 heteroatoms. The summed E-state index contributed by atoms with van der Waals surface area (Å²) in [7, 11) is 2.90. The first-order valence-electron chi connectivity index (χ1n) is 3.53. The van der Waals surface area contributed by atoms with Crippen LogP contribution in [0.3, 0.4) is 0 Å². The van der Waals surface area contributed by atoms with E-state index in [1.54, 1.807) is 6.92 Å². The zero-order chi connectivity index (χ0) is 9.72. The van der Waals surface area contributed by atoms with E-state index in [9.17, 15) is 4.79 Å². The van der Waals surface area contributed by atoms with Gasteiger partial charge < -0.3 is 9.47 Å². The van der Waals surface area contributed by atoms with Gasteiger partial charge in [0.25, 0.3) is 5.95 Å². The second-order valence-electron chi connectivity index (χ2n) is 2.41. The number of hydrogen-bond donors (Lipinski definition) is 0. The van der Waals surface area contributed by atoms with Crippen LogP contribution in [-0.4, -0.2) is 20.0 Å². The summed E-state index contributed by atoms with van der Waals surface area (Å²) in [4.78, 5) is 11.1. The third-order valence-electron chi connectivity index (χ3n) is 1.35. The molecule has 0 aliphatic rings. The molecule has 0 saturated heterocycles. The quantitative estimate of drug-likeness (QED) is 0.365. The van der Waals surface area contributed by atoms with E-state index in [4.69, 9.17) is 9.47 Å². The molecule has 0 saturated carbocycles. The molecule has 0 atom stereocenters. The zero-order valence-electron chi connectivity index (χ0n) is 7.93. The highest BCUT2D eigenvalue weighted by Crippen LogP contribution is 2.14. The van der Waals surface area contributed by atoms with E-state index < -0.39 is 0 Å². The molecule has 0 radical (unpaired) electrons. The van der Waals surface area contributed by atoms with Crippen LogP contribution in [0.15, 0.2) is 23.7 Å². The van der Waals surface area contributed by atoms with E-state index in [1.807, 2.05) is 0 Å². The summed E-state index contributed by atoms with van der Waals surface area (Å²) in [5, 5.41) is 0. The molecule has 0 spiro atoms. The average Bonchev–Trinajstić information content (AvgIpc) is 1.98. The van der Waals surface area contributed by atoms with Gasteiger partial charge in [0.2, 0.25) is 0 Å². The smallest absolute Gasteiger partial charge is 0.290 e. The molecule has 0 N–H and O–H groups in total. The molecule has 0 aliphatic heterocycles. The van der Waals surface area contributed by atoms with Crippen LogP contribution in [0.25, 0.3) is 0 Å². The predicted octanol–water partition coefficient (Wildman–Crippen LogP) is 1.66. The molecule has 0 rings (SSSR count). The lowest BCUT2D eigenvalue weighted by Gasteiger charge is -2.09. The van der Waals surface area contributed by atoms with E-state index in [1.165, 1.54) is 21.1 Å². The number of rotatable bonds is 4. The molecule has 0 bridgehead atoms. The lowest BCUT2D eigenvalue weighted by atomic mass is 10.1. The molecule has 0 aromatic carbocycles. The van der Waals surface area contributed by atoms with E-state index in [-0.39, 0.29) is 11.7 Å². The Bertz CT molecular complexity index is 204. The molecular formula is C9H14O3. The maximum Gasteiger partial charge on any atom is 0.290 e. The van der Waals surface area contributed by atoms with Gasteiger partial charge in [0.05, 0.1) is 14.2 Å². The maximum atomic E-state index is 11.1. The molecule has 68 valence electrons. The molecule has 0 aliphatic carbocycles. The third kappa shape index (κ3) is 2.42. The number of Topliss-reactive ketones (excluding diaryl/α,β-unsaturated/α-hetero) is 1. The molecular weight excluding hydrogens is 156 g/mol. The Hall–Kier alpha value is -1.25. The highest BCUT2D eigenvalue weighted by molar-refractivity contribution is 5.97. The molecule has 0 heterocycles. The molecule has 0 aromatic rings. The van der Waals surface area contributed by atoms with Gasteiger partial charge in [0.15, 0.2) is 5.78 Å². The maximum absolute atomic E-state index is 11.1. The largest absolute Gasteiger partial charge is 0.468 e. The van der Waals surface area contributed by atoms with Crippen molar-refractivity contribution in [2.75, 3.05) is 14.2 Å². The van der Waals surface area contributed by atoms with Crippen LogP contribution in [0.5, 0.6) is 0 Å². The van der Waals surface area contributed by atoms with Crippen molar-refractivity contribution in [2.45, 2.75) is 13.8 Å². The van der Waals surface area contributed by atoms with Crippen molar-refractivity contribution >= 4 is 5.78 Å². The van der Waals surface area contributed by atoms with Crippen LogP contribution in [-0.2, 0) is 14.3 Å². The van der Waals surface area contributed by atoms with Gasteiger partial charge in [-0.3, -0.25) is 4.79 Å². The Balaban J connectivity index is 5.03. The first-order chi connectivity index (χ1) is 5.54. The summed E-state index contributed by atoms with van der Waals surface area (Å²) in [5.74, 6) is 0.108. The van der Waals surface area contributed by atoms with Gasteiger partial charge in [-0.25, -0.2) is 0 Å². The summed E-state index contributed by atoms with van der Waals surface area (Å²) < 4.78 is 9.72. The Morgan fingerprint density at radius 3 is 1.67 bits per heavy atom. The molecule has 0 amide bonds. The normalized spacial score (nSPS) is 8.67. The third-order valence-corrected chi connectivity index (χ3v) is 1.35. The summed E-state index contributed by atoms with van der Waals surface area (Å²) in [6.07, 6.45) is 0. The van der Waals surface area contributed by atoms with E-state index in [0.717, 1.165) is 0 Å². The first kappa shape index (κ1) is 10.8. The monoisotopic (exact) mass is 170 g/mol. The van der Waals surface area contributed by atoms with Gasteiger partial charge in [-0.2, -0.15) is 0 Å². The molecule has 0 aromatic heterocycles. The highest BCUT2D eigenvalue weighted by atomic mass is 16.7. The standard InChI is InChI=1S/C9H14O3/c1-6(2)8(7(3)10)9(11-4)12-5/h1H2,2-5H3. The number of allylic oxidation sites excluding steroid dienone is 2. The second kappa shape index (κ2) is 4.59. The Morgan fingerprint density at radius 1 is 1.17 bits per heavy atom. The van der Waals surface area contributed by atoms with Crippen LogP contribution in [0.4, 0.5) is 0 Å². The number of hydrogen-bond acceptors (Lipinski definition) is 3. The summed E-state index contributed by atoms with van der Waals surface area (Å²) >= 11 is 0. The van der Waals surface area contributed by atoms with Crippen LogP contribution < -0.4 is 0 Å². The fourth-order valence-electron chi connectivity index (χ4n) is 0.906. The van der Waals surface area contributed by atoms with Gasteiger partial charge in [-0.05, 0) is 19.4 Å². The van der Waals surface area contributed by atoms with Crippen molar-refractivity contribution in [3.63, 3.8) is 0 Å². The summed E-state index contributed by atoms with van der Waals surface area (Å²) in [6, 6.07) is 0. The molecule has 12 heavy (non-hydrogen) atoms. The van der Waals surface area contributed by atoms with Crippen molar-refractivity contribution in [3.8, 4) is 0 Å². The van der Waals surface area contributed by atoms with Gasteiger partial charge in [0, 0.05) is 0 Å². The van der Waals surface area contributed by atoms with Crippen molar-refractivity contribution in [1.82, 2.24) is 0 Å². The first-order valence-corrected chi connectivity index (χ1v) is 3.53. The number of ketones is 1. The van der Waals surface area contributed by atoms with Crippen molar-refractivity contribution in [1.29, 1.82) is 0 Å². The van der Waals surface area contributed by atoms with E-state index in [0.29, 0.717) is 11.1 Å². The zero-order valence-corrected chi connectivity index (χ0v) is 7.93. The number of ether oxygens (including phenoxy) is 2.